The van der Waals surface area contributed by atoms with E-state index < -0.39 is 6.10 Å². The maximum absolute atomic E-state index is 11.7. The zero-order valence-corrected chi connectivity index (χ0v) is 9.35. The van der Waals surface area contributed by atoms with Crippen molar-refractivity contribution in [1.29, 1.82) is 0 Å². The van der Waals surface area contributed by atoms with Crippen LogP contribution in [0, 0.1) is 5.92 Å². The standard InChI is InChI=1S/C12H16N2O2/c1-9(16-8-10-2-3-10)12(15)14-11-4-6-13-7-5-11/h4-7,9-10H,2-3,8H2,1H3,(H,13,14,15)/t9-/m1/s1. The molecule has 1 aliphatic rings. The molecule has 0 aromatic carbocycles. The predicted molar refractivity (Wildman–Crippen MR) is 61.0 cm³/mol. The van der Waals surface area contributed by atoms with Gasteiger partial charge in [-0.1, -0.05) is 0 Å². The molecule has 1 aromatic heterocycles. The lowest BCUT2D eigenvalue weighted by Gasteiger charge is -2.12. The average Bonchev–Trinajstić information content (AvgIpc) is 3.11. The summed E-state index contributed by atoms with van der Waals surface area (Å²) in [5.74, 6) is 0.572. The second kappa shape index (κ2) is 5.07. The van der Waals surface area contributed by atoms with Gasteiger partial charge in [-0.3, -0.25) is 9.78 Å². The van der Waals surface area contributed by atoms with Crippen LogP contribution in [-0.4, -0.2) is 23.6 Å². The molecule has 86 valence electrons. The zero-order valence-electron chi connectivity index (χ0n) is 9.35. The number of anilines is 1. The molecule has 0 spiro atoms. The lowest BCUT2D eigenvalue weighted by atomic mass is 10.3. The van der Waals surface area contributed by atoms with E-state index in [2.05, 4.69) is 10.3 Å². The summed E-state index contributed by atoms with van der Waals surface area (Å²) >= 11 is 0. The summed E-state index contributed by atoms with van der Waals surface area (Å²) in [5.41, 5.74) is 0.752. The molecule has 16 heavy (non-hydrogen) atoms. The van der Waals surface area contributed by atoms with Crippen LogP contribution >= 0.6 is 0 Å². The van der Waals surface area contributed by atoms with Crippen molar-refractivity contribution in [3.05, 3.63) is 24.5 Å². The molecule has 1 atom stereocenters. The van der Waals surface area contributed by atoms with Crippen LogP contribution in [0.4, 0.5) is 5.69 Å². The third-order valence-electron chi connectivity index (χ3n) is 2.60. The van der Waals surface area contributed by atoms with E-state index in [1.54, 1.807) is 31.5 Å². The molecule has 4 nitrogen and oxygen atoms in total. The van der Waals surface area contributed by atoms with Gasteiger partial charge in [0.15, 0.2) is 0 Å². The summed E-state index contributed by atoms with van der Waals surface area (Å²) < 4.78 is 5.47. The first-order chi connectivity index (χ1) is 7.75. The van der Waals surface area contributed by atoms with Crippen LogP contribution in [0.25, 0.3) is 0 Å². The van der Waals surface area contributed by atoms with Gasteiger partial charge in [-0.05, 0) is 37.8 Å². The van der Waals surface area contributed by atoms with E-state index in [1.165, 1.54) is 12.8 Å². The molecule has 0 saturated heterocycles. The molecule has 1 heterocycles. The summed E-state index contributed by atoms with van der Waals surface area (Å²) in [4.78, 5) is 15.6. The number of hydrogen-bond acceptors (Lipinski definition) is 3. The van der Waals surface area contributed by atoms with Crippen LogP contribution in [0.2, 0.25) is 0 Å². The van der Waals surface area contributed by atoms with Gasteiger partial charge in [-0.15, -0.1) is 0 Å². The van der Waals surface area contributed by atoms with Gasteiger partial charge in [0.25, 0.3) is 5.91 Å². The third kappa shape index (κ3) is 3.31. The predicted octanol–water partition coefficient (Wildman–Crippen LogP) is 1.84. The Morgan fingerprint density at radius 3 is 2.88 bits per heavy atom. The van der Waals surface area contributed by atoms with Crippen LogP contribution in [0.3, 0.4) is 0 Å². The van der Waals surface area contributed by atoms with Crippen molar-refractivity contribution in [1.82, 2.24) is 4.98 Å². The van der Waals surface area contributed by atoms with Crippen molar-refractivity contribution < 1.29 is 9.53 Å². The molecular formula is C12H16N2O2. The van der Waals surface area contributed by atoms with Gasteiger partial charge in [0.1, 0.15) is 6.10 Å². The maximum atomic E-state index is 11.7. The van der Waals surface area contributed by atoms with Crippen molar-refractivity contribution in [2.45, 2.75) is 25.9 Å². The van der Waals surface area contributed by atoms with Gasteiger partial charge >= 0.3 is 0 Å². The number of carbonyl (C=O) groups excluding carboxylic acids is 1. The molecule has 1 amide bonds. The first-order valence-corrected chi connectivity index (χ1v) is 5.58. The fraction of sp³-hybridized carbons (Fsp3) is 0.500. The van der Waals surface area contributed by atoms with E-state index in [0.717, 1.165) is 5.69 Å². The van der Waals surface area contributed by atoms with E-state index >= 15 is 0 Å². The largest absolute Gasteiger partial charge is 0.368 e. The minimum atomic E-state index is -0.395. The summed E-state index contributed by atoms with van der Waals surface area (Å²) in [6.45, 7) is 2.48. The number of rotatable bonds is 5. The van der Waals surface area contributed by atoms with Crippen molar-refractivity contribution in [2.24, 2.45) is 5.92 Å². The number of carbonyl (C=O) groups is 1. The molecule has 1 saturated carbocycles. The van der Waals surface area contributed by atoms with Gasteiger partial charge < -0.3 is 10.1 Å². The molecule has 1 fully saturated rings. The Morgan fingerprint density at radius 1 is 1.56 bits per heavy atom. The molecule has 0 aliphatic heterocycles. The highest BCUT2D eigenvalue weighted by atomic mass is 16.5. The SMILES string of the molecule is C[C@@H](OCC1CC1)C(=O)Nc1ccncc1. The maximum Gasteiger partial charge on any atom is 0.253 e. The molecule has 2 rings (SSSR count). The third-order valence-corrected chi connectivity index (χ3v) is 2.60. The lowest BCUT2D eigenvalue weighted by Crippen LogP contribution is -2.28. The fourth-order valence-corrected chi connectivity index (χ4v) is 1.32. The minimum Gasteiger partial charge on any atom is -0.368 e. The van der Waals surface area contributed by atoms with Crippen molar-refractivity contribution in [3.63, 3.8) is 0 Å². The van der Waals surface area contributed by atoms with Crippen LogP contribution in [0.5, 0.6) is 0 Å². The lowest BCUT2D eigenvalue weighted by molar-refractivity contribution is -0.126. The molecule has 1 N–H and O–H groups in total. The number of pyridine rings is 1. The van der Waals surface area contributed by atoms with E-state index in [-0.39, 0.29) is 5.91 Å². The first-order valence-electron chi connectivity index (χ1n) is 5.58. The zero-order chi connectivity index (χ0) is 11.4. The molecular weight excluding hydrogens is 204 g/mol. The molecule has 0 radical (unpaired) electrons. The summed E-state index contributed by atoms with van der Waals surface area (Å²) in [6, 6.07) is 3.51. The Labute approximate surface area is 95.0 Å². The van der Waals surface area contributed by atoms with Gasteiger partial charge in [0.05, 0.1) is 6.61 Å². The minimum absolute atomic E-state index is 0.105. The first kappa shape index (κ1) is 11.1. The topological polar surface area (TPSA) is 51.2 Å². The smallest absolute Gasteiger partial charge is 0.253 e. The summed E-state index contributed by atoms with van der Waals surface area (Å²) in [7, 11) is 0. The van der Waals surface area contributed by atoms with Gasteiger partial charge in [0.2, 0.25) is 0 Å². The molecule has 1 aromatic rings. The molecule has 1 aliphatic carbocycles. The number of aromatic nitrogens is 1. The number of hydrogen-bond donors (Lipinski definition) is 1. The Balaban J connectivity index is 1.77. The van der Waals surface area contributed by atoms with Crippen molar-refractivity contribution in [3.8, 4) is 0 Å². The van der Waals surface area contributed by atoms with Gasteiger partial charge in [0, 0.05) is 18.1 Å². The van der Waals surface area contributed by atoms with Crippen molar-refractivity contribution >= 4 is 11.6 Å². The Morgan fingerprint density at radius 2 is 2.25 bits per heavy atom. The van der Waals surface area contributed by atoms with E-state index in [4.69, 9.17) is 4.74 Å². The normalized spacial score (nSPS) is 16.8. The number of nitrogens with one attached hydrogen (secondary N) is 1. The van der Waals surface area contributed by atoms with E-state index in [9.17, 15) is 4.79 Å². The van der Waals surface area contributed by atoms with Crippen LogP contribution in [0.1, 0.15) is 19.8 Å². The van der Waals surface area contributed by atoms with Gasteiger partial charge in [-0.2, -0.15) is 0 Å². The highest BCUT2D eigenvalue weighted by Gasteiger charge is 2.23. The van der Waals surface area contributed by atoms with E-state index in [0.29, 0.717) is 12.5 Å². The fourth-order valence-electron chi connectivity index (χ4n) is 1.32. The Kier molecular flexibility index (Phi) is 3.51. The molecule has 4 heteroatoms. The Hall–Kier alpha value is -1.42. The monoisotopic (exact) mass is 220 g/mol. The van der Waals surface area contributed by atoms with E-state index in [1.807, 2.05) is 0 Å². The summed E-state index contributed by atoms with van der Waals surface area (Å²) in [5, 5.41) is 2.78. The second-order valence-electron chi connectivity index (χ2n) is 4.14. The number of amides is 1. The Bertz CT molecular complexity index is 349. The highest BCUT2D eigenvalue weighted by Crippen LogP contribution is 2.29. The number of ether oxygens (including phenoxy) is 1. The van der Waals surface area contributed by atoms with Crippen molar-refractivity contribution in [2.75, 3.05) is 11.9 Å². The van der Waals surface area contributed by atoms with Crippen LogP contribution in [0.15, 0.2) is 24.5 Å². The number of nitrogens with zero attached hydrogens (tertiary/aromatic N) is 1. The quantitative estimate of drug-likeness (QED) is 0.823. The van der Waals surface area contributed by atoms with Crippen LogP contribution in [-0.2, 0) is 9.53 Å². The highest BCUT2D eigenvalue weighted by molar-refractivity contribution is 5.93. The van der Waals surface area contributed by atoms with Crippen LogP contribution < -0.4 is 5.32 Å². The molecule has 0 bridgehead atoms. The average molecular weight is 220 g/mol. The second-order valence-corrected chi connectivity index (χ2v) is 4.14. The molecule has 0 unspecified atom stereocenters. The van der Waals surface area contributed by atoms with Gasteiger partial charge in [-0.25, -0.2) is 0 Å². The summed E-state index contributed by atoms with van der Waals surface area (Å²) in [6.07, 6.45) is 5.36.